The van der Waals surface area contributed by atoms with Gasteiger partial charge in [0.1, 0.15) is 12.4 Å². The summed E-state index contributed by atoms with van der Waals surface area (Å²) in [7, 11) is 0. The summed E-state index contributed by atoms with van der Waals surface area (Å²) >= 11 is 18.3. The van der Waals surface area contributed by atoms with Crippen molar-refractivity contribution in [2.45, 2.75) is 20.0 Å². The molecule has 112 valence electrons. The molecule has 1 aromatic carbocycles. The molecule has 1 aromatic heterocycles. The lowest BCUT2D eigenvalue weighted by atomic mass is 10.3. The minimum atomic E-state index is 0.198. The molecule has 0 fully saturated rings. The smallest absolute Gasteiger partial charge is 0.157 e. The van der Waals surface area contributed by atoms with Gasteiger partial charge in [-0.1, -0.05) is 47.8 Å². The zero-order chi connectivity index (χ0) is 15.2. The molecule has 3 nitrogen and oxygen atoms in total. The highest BCUT2D eigenvalue weighted by molar-refractivity contribution is 6.37. The largest absolute Gasteiger partial charge is 0.484 e. The normalized spacial score (nSPS) is 10.5. The second kappa shape index (κ2) is 7.74. The first-order valence-corrected chi connectivity index (χ1v) is 7.71. The van der Waals surface area contributed by atoms with Crippen LogP contribution in [0.3, 0.4) is 0 Å². The summed E-state index contributed by atoms with van der Waals surface area (Å²) in [5.74, 6) is 1.20. The van der Waals surface area contributed by atoms with Crippen LogP contribution in [0.4, 0.5) is 5.82 Å². The number of nitrogens with one attached hydrogen (secondary N) is 1. The average molecular weight is 346 g/mol. The van der Waals surface area contributed by atoms with Crippen molar-refractivity contribution in [3.8, 4) is 5.75 Å². The lowest BCUT2D eigenvalue weighted by Gasteiger charge is -2.11. The van der Waals surface area contributed by atoms with E-state index in [0.29, 0.717) is 26.5 Å². The van der Waals surface area contributed by atoms with E-state index < -0.39 is 0 Å². The molecule has 0 aliphatic carbocycles. The fourth-order valence-electron chi connectivity index (χ4n) is 1.70. The molecular formula is C15H15Cl3N2O. The molecule has 1 N–H and O–H groups in total. The molecule has 0 saturated heterocycles. The third-order valence-electron chi connectivity index (χ3n) is 2.75. The Kier molecular flexibility index (Phi) is 5.97. The van der Waals surface area contributed by atoms with E-state index in [4.69, 9.17) is 39.5 Å². The number of pyridine rings is 1. The molecule has 0 atom stereocenters. The van der Waals surface area contributed by atoms with Crippen molar-refractivity contribution >= 4 is 40.6 Å². The van der Waals surface area contributed by atoms with Gasteiger partial charge in [-0.15, -0.1) is 0 Å². The predicted molar refractivity (Wildman–Crippen MR) is 88.8 cm³/mol. The van der Waals surface area contributed by atoms with Crippen LogP contribution in [0, 0.1) is 0 Å². The highest BCUT2D eigenvalue weighted by Gasteiger charge is 2.10. The second-order valence-electron chi connectivity index (χ2n) is 4.39. The molecule has 1 heterocycles. The zero-order valence-corrected chi connectivity index (χ0v) is 13.8. The summed E-state index contributed by atoms with van der Waals surface area (Å²) < 4.78 is 5.66. The number of hydrogen-bond acceptors (Lipinski definition) is 3. The van der Waals surface area contributed by atoms with Crippen LogP contribution in [0.25, 0.3) is 0 Å². The number of ether oxygens (including phenoxy) is 1. The van der Waals surface area contributed by atoms with Gasteiger partial charge in [0.25, 0.3) is 0 Å². The third-order valence-corrected chi connectivity index (χ3v) is 3.69. The predicted octanol–water partition coefficient (Wildman–Crippen LogP) is 5.44. The monoisotopic (exact) mass is 344 g/mol. The number of anilines is 1. The van der Waals surface area contributed by atoms with Gasteiger partial charge < -0.3 is 10.1 Å². The topological polar surface area (TPSA) is 34.1 Å². The van der Waals surface area contributed by atoms with E-state index in [9.17, 15) is 0 Å². The molecule has 21 heavy (non-hydrogen) atoms. The SMILES string of the molecule is CCCNc1ccc(Cl)c(COc2c(Cl)cccc2Cl)n1. The molecule has 0 bridgehead atoms. The van der Waals surface area contributed by atoms with Gasteiger partial charge in [0.05, 0.1) is 20.8 Å². The van der Waals surface area contributed by atoms with Crippen LogP contribution in [0.5, 0.6) is 5.75 Å². The zero-order valence-electron chi connectivity index (χ0n) is 11.5. The van der Waals surface area contributed by atoms with Crippen molar-refractivity contribution in [1.29, 1.82) is 0 Å². The van der Waals surface area contributed by atoms with Crippen LogP contribution in [-0.4, -0.2) is 11.5 Å². The third kappa shape index (κ3) is 4.40. The van der Waals surface area contributed by atoms with Crippen LogP contribution in [0.2, 0.25) is 15.1 Å². The van der Waals surface area contributed by atoms with Crippen molar-refractivity contribution < 1.29 is 4.74 Å². The number of rotatable bonds is 6. The van der Waals surface area contributed by atoms with Crippen LogP contribution in [0.15, 0.2) is 30.3 Å². The summed E-state index contributed by atoms with van der Waals surface area (Å²) in [6.07, 6.45) is 1.02. The van der Waals surface area contributed by atoms with Crippen molar-refractivity contribution in [3.05, 3.63) is 51.1 Å². The first-order valence-electron chi connectivity index (χ1n) is 6.58. The van der Waals surface area contributed by atoms with Crippen molar-refractivity contribution in [2.75, 3.05) is 11.9 Å². The standard InChI is InChI=1S/C15H15Cl3N2O/c1-2-8-19-14-7-6-10(16)13(20-14)9-21-15-11(17)4-3-5-12(15)18/h3-7H,2,8-9H2,1H3,(H,19,20). The fourth-order valence-corrected chi connectivity index (χ4v) is 2.36. The molecular weight excluding hydrogens is 331 g/mol. The van der Waals surface area contributed by atoms with Gasteiger partial charge >= 0.3 is 0 Å². The fraction of sp³-hybridized carbons (Fsp3) is 0.267. The quantitative estimate of drug-likeness (QED) is 0.756. The molecule has 2 rings (SSSR count). The van der Waals surface area contributed by atoms with Gasteiger partial charge in [-0.05, 0) is 30.7 Å². The highest BCUT2D eigenvalue weighted by atomic mass is 35.5. The Morgan fingerprint density at radius 1 is 1.05 bits per heavy atom. The van der Waals surface area contributed by atoms with Gasteiger partial charge in [-0.25, -0.2) is 4.98 Å². The minimum absolute atomic E-state index is 0.198. The molecule has 0 saturated carbocycles. The maximum absolute atomic E-state index is 6.14. The Bertz CT molecular complexity index is 600. The molecule has 6 heteroatoms. The molecule has 0 spiro atoms. The van der Waals surface area contributed by atoms with E-state index in [2.05, 4.69) is 17.2 Å². The molecule has 2 aromatic rings. The lowest BCUT2D eigenvalue weighted by Crippen LogP contribution is -2.06. The van der Waals surface area contributed by atoms with Crippen LogP contribution in [0.1, 0.15) is 19.0 Å². The lowest BCUT2D eigenvalue weighted by molar-refractivity contribution is 0.302. The summed E-state index contributed by atoms with van der Waals surface area (Å²) in [5, 5.41) is 4.66. The number of nitrogens with zero attached hydrogens (tertiary/aromatic N) is 1. The van der Waals surface area contributed by atoms with Gasteiger partial charge in [-0.3, -0.25) is 0 Å². The van der Waals surface area contributed by atoms with E-state index in [1.807, 2.05) is 6.07 Å². The first-order chi connectivity index (χ1) is 10.1. The average Bonchev–Trinajstić information content (AvgIpc) is 2.47. The van der Waals surface area contributed by atoms with E-state index >= 15 is 0 Å². The highest BCUT2D eigenvalue weighted by Crippen LogP contribution is 2.33. The second-order valence-corrected chi connectivity index (χ2v) is 5.61. The Hall–Kier alpha value is -1.16. The van der Waals surface area contributed by atoms with E-state index in [1.165, 1.54) is 0 Å². The summed E-state index contributed by atoms with van der Waals surface area (Å²) in [4.78, 5) is 4.43. The van der Waals surface area contributed by atoms with E-state index in [1.54, 1.807) is 24.3 Å². The van der Waals surface area contributed by atoms with Crippen molar-refractivity contribution in [3.63, 3.8) is 0 Å². The van der Waals surface area contributed by atoms with Gasteiger partial charge in [0.15, 0.2) is 5.75 Å². The van der Waals surface area contributed by atoms with Gasteiger partial charge in [0.2, 0.25) is 0 Å². The van der Waals surface area contributed by atoms with Crippen LogP contribution in [-0.2, 0) is 6.61 Å². The molecule has 0 amide bonds. The van der Waals surface area contributed by atoms with E-state index in [-0.39, 0.29) is 6.61 Å². The molecule has 0 aliphatic rings. The Balaban J connectivity index is 2.12. The first kappa shape index (κ1) is 16.2. The number of hydrogen-bond donors (Lipinski definition) is 1. The Morgan fingerprint density at radius 2 is 1.76 bits per heavy atom. The Labute approximate surface area is 139 Å². The van der Waals surface area contributed by atoms with Gasteiger partial charge in [0, 0.05) is 6.54 Å². The molecule has 0 radical (unpaired) electrons. The molecule has 0 unspecified atom stereocenters. The van der Waals surface area contributed by atoms with E-state index in [0.717, 1.165) is 18.8 Å². The maximum Gasteiger partial charge on any atom is 0.157 e. The van der Waals surface area contributed by atoms with Crippen LogP contribution < -0.4 is 10.1 Å². The van der Waals surface area contributed by atoms with Gasteiger partial charge in [-0.2, -0.15) is 0 Å². The number of aromatic nitrogens is 1. The summed E-state index contributed by atoms with van der Waals surface area (Å²) in [6.45, 7) is 3.14. The van der Waals surface area contributed by atoms with Crippen molar-refractivity contribution in [2.24, 2.45) is 0 Å². The Morgan fingerprint density at radius 3 is 2.43 bits per heavy atom. The molecule has 0 aliphatic heterocycles. The van der Waals surface area contributed by atoms with Crippen LogP contribution >= 0.6 is 34.8 Å². The summed E-state index contributed by atoms with van der Waals surface area (Å²) in [6, 6.07) is 8.83. The summed E-state index contributed by atoms with van der Waals surface area (Å²) in [5.41, 5.74) is 0.633. The van der Waals surface area contributed by atoms with Crippen molar-refractivity contribution in [1.82, 2.24) is 4.98 Å². The number of halogens is 3. The number of para-hydroxylation sites is 1. The minimum Gasteiger partial charge on any atom is -0.484 e. The maximum atomic E-state index is 6.14. The number of benzene rings is 1.